The van der Waals surface area contributed by atoms with Gasteiger partial charge in [-0.3, -0.25) is 9.59 Å². The minimum Gasteiger partial charge on any atom is -0.469 e. The average Bonchev–Trinajstić information content (AvgIpc) is 3.02. The molecule has 1 saturated heterocycles. The molecule has 1 aliphatic heterocycles. The van der Waals surface area contributed by atoms with Crippen LogP contribution in [-0.4, -0.2) is 49.6 Å². The lowest BCUT2D eigenvalue weighted by atomic mass is 9.97. The summed E-state index contributed by atoms with van der Waals surface area (Å²) in [5.74, 6) is -0.823. The largest absolute Gasteiger partial charge is 0.469 e. The summed E-state index contributed by atoms with van der Waals surface area (Å²) in [5, 5.41) is 0. The molecule has 0 radical (unpaired) electrons. The smallest absolute Gasteiger partial charge is 0.331 e. The van der Waals surface area contributed by atoms with Crippen LogP contribution in [0.3, 0.4) is 0 Å². The molecule has 0 bridgehead atoms. The van der Waals surface area contributed by atoms with Gasteiger partial charge in [0.2, 0.25) is 0 Å². The average molecular weight is 400 g/mol. The van der Waals surface area contributed by atoms with Gasteiger partial charge in [-0.05, 0) is 47.0 Å². The number of nitrogens with zero attached hydrogens (tertiary/aromatic N) is 1. The summed E-state index contributed by atoms with van der Waals surface area (Å²) >= 11 is 3.15. The van der Waals surface area contributed by atoms with E-state index in [2.05, 4.69) is 15.9 Å². The first-order valence-corrected chi connectivity index (χ1v) is 8.24. The van der Waals surface area contributed by atoms with E-state index in [-0.39, 0.29) is 24.4 Å². The molecule has 0 atom stereocenters. The molecule has 1 aromatic rings. The molecule has 8 heteroatoms. The molecule has 1 aromatic heterocycles. The van der Waals surface area contributed by atoms with Crippen molar-refractivity contribution in [1.29, 1.82) is 0 Å². The monoisotopic (exact) mass is 399 g/mol. The number of hydrogen-bond donors (Lipinski definition) is 0. The van der Waals surface area contributed by atoms with Crippen LogP contribution in [0.1, 0.15) is 18.6 Å². The van der Waals surface area contributed by atoms with E-state index in [1.54, 1.807) is 17.0 Å². The van der Waals surface area contributed by atoms with E-state index in [1.165, 1.54) is 19.3 Å². The number of carbonyl (C=O) groups excluding carboxylic acids is 3. The Morgan fingerprint density at radius 3 is 2.62 bits per heavy atom. The van der Waals surface area contributed by atoms with Gasteiger partial charge in [-0.2, -0.15) is 0 Å². The van der Waals surface area contributed by atoms with Crippen molar-refractivity contribution in [1.82, 2.24) is 4.90 Å². The molecule has 0 saturated carbocycles. The second-order valence-corrected chi connectivity index (χ2v) is 6.04. The van der Waals surface area contributed by atoms with Crippen LogP contribution in [0, 0.1) is 5.92 Å². The summed E-state index contributed by atoms with van der Waals surface area (Å²) in [5.41, 5.74) is 0. The lowest BCUT2D eigenvalue weighted by molar-refractivity contribution is -0.151. The van der Waals surface area contributed by atoms with Crippen LogP contribution >= 0.6 is 15.9 Å². The molecule has 1 aliphatic rings. The van der Waals surface area contributed by atoms with Crippen molar-refractivity contribution >= 4 is 39.9 Å². The Kier molecular flexibility index (Phi) is 6.60. The normalized spacial score (nSPS) is 15.5. The van der Waals surface area contributed by atoms with Crippen LogP contribution in [0.15, 0.2) is 27.3 Å². The van der Waals surface area contributed by atoms with Crippen LogP contribution in [-0.2, 0) is 23.9 Å². The Hall–Kier alpha value is -2.09. The molecule has 0 spiro atoms. The number of amides is 1. The first kappa shape index (κ1) is 18.3. The number of furan rings is 1. The number of methoxy groups -OCH3 is 1. The van der Waals surface area contributed by atoms with E-state index >= 15 is 0 Å². The van der Waals surface area contributed by atoms with E-state index in [0.29, 0.717) is 36.4 Å². The molecular weight excluding hydrogens is 382 g/mol. The van der Waals surface area contributed by atoms with Crippen molar-refractivity contribution in [3.63, 3.8) is 0 Å². The minimum atomic E-state index is -0.625. The van der Waals surface area contributed by atoms with Gasteiger partial charge in [0.1, 0.15) is 5.76 Å². The highest BCUT2D eigenvalue weighted by Crippen LogP contribution is 2.18. The number of likely N-dealkylation sites (tertiary alicyclic amines) is 1. The summed E-state index contributed by atoms with van der Waals surface area (Å²) in [6, 6.07) is 3.39. The maximum Gasteiger partial charge on any atom is 0.331 e. The predicted octanol–water partition coefficient (Wildman–Crippen LogP) is 2.01. The maximum absolute atomic E-state index is 12.0. The number of rotatable bonds is 5. The van der Waals surface area contributed by atoms with Crippen LogP contribution in [0.4, 0.5) is 0 Å². The Balaban J connectivity index is 1.72. The number of hydrogen-bond acceptors (Lipinski definition) is 6. The third-order valence-corrected chi connectivity index (χ3v) is 4.12. The molecule has 0 unspecified atom stereocenters. The highest BCUT2D eigenvalue weighted by Gasteiger charge is 2.28. The second kappa shape index (κ2) is 8.68. The summed E-state index contributed by atoms with van der Waals surface area (Å²) in [6.45, 7) is 0.576. The number of esters is 2. The molecule has 7 nitrogen and oxygen atoms in total. The van der Waals surface area contributed by atoms with E-state index in [4.69, 9.17) is 13.9 Å². The molecule has 0 aromatic carbocycles. The topological polar surface area (TPSA) is 86.0 Å². The highest BCUT2D eigenvalue weighted by atomic mass is 79.9. The first-order chi connectivity index (χ1) is 11.5. The standard InChI is InChI=1S/C16H18BrNO6/c1-22-16(21)11-6-8-18(9-7-11)14(19)10-23-15(20)5-3-12-2-4-13(17)24-12/h2-5,11H,6-10H2,1H3/b5-3+. The van der Waals surface area contributed by atoms with E-state index in [0.717, 1.165) is 0 Å². The molecule has 130 valence electrons. The Morgan fingerprint density at radius 1 is 1.33 bits per heavy atom. The van der Waals surface area contributed by atoms with Gasteiger partial charge in [0, 0.05) is 19.2 Å². The lowest BCUT2D eigenvalue weighted by Crippen LogP contribution is -2.42. The summed E-state index contributed by atoms with van der Waals surface area (Å²) < 4.78 is 15.4. The van der Waals surface area contributed by atoms with Crippen molar-refractivity contribution in [2.75, 3.05) is 26.8 Å². The SMILES string of the molecule is COC(=O)C1CCN(C(=O)COC(=O)/C=C/c2ccc(Br)o2)CC1. The maximum atomic E-state index is 12.0. The molecular formula is C16H18BrNO6. The Morgan fingerprint density at radius 2 is 2.04 bits per heavy atom. The number of piperidine rings is 1. The minimum absolute atomic E-state index is 0.169. The van der Waals surface area contributed by atoms with Gasteiger partial charge in [0.25, 0.3) is 5.91 Å². The Labute approximate surface area is 147 Å². The zero-order valence-electron chi connectivity index (χ0n) is 13.2. The fourth-order valence-corrected chi connectivity index (χ4v) is 2.69. The van der Waals surface area contributed by atoms with Crippen LogP contribution < -0.4 is 0 Å². The molecule has 1 amide bonds. The van der Waals surface area contributed by atoms with Gasteiger partial charge < -0.3 is 18.8 Å². The molecule has 0 aliphatic carbocycles. The molecule has 2 heterocycles. The zero-order valence-corrected chi connectivity index (χ0v) is 14.8. The molecule has 1 fully saturated rings. The third-order valence-electron chi connectivity index (χ3n) is 3.70. The third kappa shape index (κ3) is 5.23. The van der Waals surface area contributed by atoms with E-state index in [9.17, 15) is 14.4 Å². The predicted molar refractivity (Wildman–Crippen MR) is 87.7 cm³/mol. The summed E-state index contributed by atoms with van der Waals surface area (Å²) in [7, 11) is 1.36. The first-order valence-electron chi connectivity index (χ1n) is 7.45. The second-order valence-electron chi connectivity index (χ2n) is 5.26. The van der Waals surface area contributed by atoms with Crippen molar-refractivity contribution in [2.45, 2.75) is 12.8 Å². The van der Waals surface area contributed by atoms with Gasteiger partial charge >= 0.3 is 11.9 Å². The van der Waals surface area contributed by atoms with Crippen molar-refractivity contribution in [3.8, 4) is 0 Å². The summed E-state index contributed by atoms with van der Waals surface area (Å²) in [6.07, 6.45) is 3.76. The van der Waals surface area contributed by atoms with Gasteiger partial charge in [-0.25, -0.2) is 4.79 Å². The molecule has 2 rings (SSSR count). The van der Waals surface area contributed by atoms with Gasteiger partial charge in [-0.15, -0.1) is 0 Å². The van der Waals surface area contributed by atoms with Crippen LogP contribution in [0.2, 0.25) is 0 Å². The zero-order chi connectivity index (χ0) is 17.5. The van der Waals surface area contributed by atoms with Gasteiger partial charge in [0.15, 0.2) is 11.3 Å². The van der Waals surface area contributed by atoms with Gasteiger partial charge in [-0.1, -0.05) is 0 Å². The fourth-order valence-electron chi connectivity index (χ4n) is 2.37. The number of halogens is 1. The van der Waals surface area contributed by atoms with Crippen molar-refractivity contribution in [2.24, 2.45) is 5.92 Å². The molecule has 24 heavy (non-hydrogen) atoms. The number of ether oxygens (including phenoxy) is 2. The molecule has 0 N–H and O–H groups in total. The fraction of sp³-hybridized carbons (Fsp3) is 0.438. The van der Waals surface area contributed by atoms with Crippen LogP contribution in [0.5, 0.6) is 0 Å². The van der Waals surface area contributed by atoms with Crippen molar-refractivity contribution in [3.05, 3.63) is 28.6 Å². The van der Waals surface area contributed by atoms with Crippen LogP contribution in [0.25, 0.3) is 6.08 Å². The summed E-state index contributed by atoms with van der Waals surface area (Å²) in [4.78, 5) is 36.6. The van der Waals surface area contributed by atoms with Gasteiger partial charge in [0.05, 0.1) is 13.0 Å². The number of carbonyl (C=O) groups is 3. The lowest BCUT2D eigenvalue weighted by Gasteiger charge is -2.30. The Bertz CT molecular complexity index is 630. The van der Waals surface area contributed by atoms with Crippen molar-refractivity contribution < 1.29 is 28.3 Å². The van der Waals surface area contributed by atoms with E-state index < -0.39 is 5.97 Å². The highest BCUT2D eigenvalue weighted by molar-refractivity contribution is 9.10. The quantitative estimate of drug-likeness (QED) is 0.555. The van der Waals surface area contributed by atoms with E-state index in [1.807, 2.05) is 0 Å².